The van der Waals surface area contributed by atoms with Crippen molar-refractivity contribution in [2.24, 2.45) is 7.05 Å². The van der Waals surface area contributed by atoms with Crippen molar-refractivity contribution < 1.29 is 4.79 Å². The van der Waals surface area contributed by atoms with E-state index in [9.17, 15) is 4.79 Å². The first kappa shape index (κ1) is 15.5. The molecule has 0 spiro atoms. The number of anilines is 1. The molecule has 2 rings (SSSR count). The fraction of sp³-hybridized carbons (Fsp3) is 0.154. The van der Waals surface area contributed by atoms with Crippen molar-refractivity contribution in [1.82, 2.24) is 20.6 Å². The van der Waals surface area contributed by atoms with Crippen LogP contribution in [0.3, 0.4) is 0 Å². The normalized spacial score (nSPS) is 10.0. The van der Waals surface area contributed by atoms with Crippen LogP contribution in [-0.4, -0.2) is 20.8 Å². The average molecular weight is 368 g/mol. The number of nitrogens with one attached hydrogen (secondary N) is 3. The molecule has 0 bridgehead atoms. The number of rotatable bonds is 2. The van der Waals surface area contributed by atoms with Gasteiger partial charge in [0.2, 0.25) is 0 Å². The summed E-state index contributed by atoms with van der Waals surface area (Å²) in [5, 5.41) is 7.44. The maximum atomic E-state index is 12.0. The second kappa shape index (κ2) is 6.68. The summed E-state index contributed by atoms with van der Waals surface area (Å²) < 4.78 is 2.39. The monoisotopic (exact) mass is 367 g/mol. The summed E-state index contributed by atoms with van der Waals surface area (Å²) in [6.07, 6.45) is 1.80. The molecule has 0 aliphatic rings. The summed E-state index contributed by atoms with van der Waals surface area (Å²) in [6, 6.07) is 7.13. The zero-order valence-electron chi connectivity index (χ0n) is 11.5. The van der Waals surface area contributed by atoms with Gasteiger partial charge in [-0.25, -0.2) is 0 Å². The third-order valence-corrected chi connectivity index (χ3v) is 3.57. The van der Waals surface area contributed by atoms with Crippen molar-refractivity contribution in [3.8, 4) is 0 Å². The third kappa shape index (κ3) is 4.02. The Kier molecular flexibility index (Phi) is 4.92. The van der Waals surface area contributed by atoms with Gasteiger partial charge in [0, 0.05) is 17.7 Å². The van der Waals surface area contributed by atoms with Gasteiger partial charge in [0.15, 0.2) is 5.11 Å². The molecule has 0 saturated heterocycles. The average Bonchev–Trinajstić information content (AvgIpc) is 2.74. The molecule has 6 nitrogen and oxygen atoms in total. The summed E-state index contributed by atoms with van der Waals surface area (Å²) in [7, 11) is 1.82. The van der Waals surface area contributed by atoms with Gasteiger partial charge >= 0.3 is 0 Å². The smallest absolute Gasteiger partial charge is 0.270 e. The van der Waals surface area contributed by atoms with Gasteiger partial charge in [0.1, 0.15) is 0 Å². The highest BCUT2D eigenvalue weighted by atomic mass is 79.9. The molecule has 8 heteroatoms. The minimum Gasteiger partial charge on any atom is -0.329 e. The highest BCUT2D eigenvalue weighted by Crippen LogP contribution is 2.15. The van der Waals surface area contributed by atoms with Gasteiger partial charge in [-0.3, -0.25) is 20.3 Å². The molecule has 21 heavy (non-hydrogen) atoms. The lowest BCUT2D eigenvalue weighted by atomic mass is 10.2. The van der Waals surface area contributed by atoms with Crippen LogP contribution in [0.5, 0.6) is 0 Å². The number of benzene rings is 1. The Morgan fingerprint density at radius 3 is 2.67 bits per heavy atom. The lowest BCUT2D eigenvalue weighted by Gasteiger charge is -2.11. The highest BCUT2D eigenvalue weighted by molar-refractivity contribution is 9.10. The van der Waals surface area contributed by atoms with Gasteiger partial charge in [-0.1, -0.05) is 12.1 Å². The summed E-state index contributed by atoms with van der Waals surface area (Å²) >= 11 is 8.44. The van der Waals surface area contributed by atoms with Crippen LogP contribution in [0.4, 0.5) is 5.69 Å². The number of thiocarbonyl (C=S) groups is 1. The first-order chi connectivity index (χ1) is 9.97. The molecule has 0 unspecified atom stereocenters. The maximum absolute atomic E-state index is 12.0. The van der Waals surface area contributed by atoms with Crippen molar-refractivity contribution in [2.45, 2.75) is 6.92 Å². The number of amides is 1. The van der Waals surface area contributed by atoms with Crippen LogP contribution >= 0.6 is 28.1 Å². The fourth-order valence-corrected chi connectivity index (χ4v) is 2.33. The number of hydrazine groups is 1. The molecule has 1 amide bonds. The van der Waals surface area contributed by atoms with E-state index in [-0.39, 0.29) is 11.0 Å². The largest absolute Gasteiger partial charge is 0.329 e. The van der Waals surface area contributed by atoms with Crippen molar-refractivity contribution >= 4 is 44.9 Å². The van der Waals surface area contributed by atoms with Gasteiger partial charge in [0.25, 0.3) is 5.91 Å². The summed E-state index contributed by atoms with van der Waals surface area (Å²) in [5.41, 5.74) is 7.31. The van der Waals surface area contributed by atoms with E-state index in [0.29, 0.717) is 10.0 Å². The van der Waals surface area contributed by atoms with Crippen molar-refractivity contribution in [1.29, 1.82) is 0 Å². The Morgan fingerprint density at radius 2 is 2.05 bits per heavy atom. The zero-order chi connectivity index (χ0) is 15.4. The van der Waals surface area contributed by atoms with E-state index in [4.69, 9.17) is 12.2 Å². The standard InChI is InChI=1S/C13H14BrN5OS/c1-8-11(7-19(2)18-8)15-13(21)17-16-12(20)9-5-3-4-6-10(9)14/h3-7H,1-2H3,(H,16,20)(H2,15,17,21). The molecule has 1 heterocycles. The number of carbonyl (C=O) groups is 1. The van der Waals surface area contributed by atoms with E-state index in [2.05, 4.69) is 37.2 Å². The van der Waals surface area contributed by atoms with Gasteiger partial charge in [-0.15, -0.1) is 0 Å². The van der Waals surface area contributed by atoms with Crippen LogP contribution in [0.1, 0.15) is 16.1 Å². The highest BCUT2D eigenvalue weighted by Gasteiger charge is 2.10. The molecule has 0 fully saturated rings. The van der Waals surface area contributed by atoms with Crippen molar-refractivity contribution in [3.63, 3.8) is 0 Å². The van der Waals surface area contributed by atoms with E-state index < -0.39 is 0 Å². The SMILES string of the molecule is Cc1nn(C)cc1NC(=S)NNC(=O)c1ccccc1Br. The second-order valence-corrected chi connectivity index (χ2v) is 5.58. The van der Waals surface area contributed by atoms with Gasteiger partial charge in [-0.2, -0.15) is 5.10 Å². The lowest BCUT2D eigenvalue weighted by Crippen LogP contribution is -2.43. The molecule has 1 aromatic carbocycles. The Bertz CT molecular complexity index is 685. The van der Waals surface area contributed by atoms with Crippen LogP contribution in [0.25, 0.3) is 0 Å². The van der Waals surface area contributed by atoms with E-state index in [1.807, 2.05) is 20.0 Å². The molecule has 0 saturated carbocycles. The minimum absolute atomic E-state index is 0.283. The summed E-state index contributed by atoms with van der Waals surface area (Å²) in [4.78, 5) is 12.0. The number of aryl methyl sites for hydroxylation is 2. The molecule has 3 N–H and O–H groups in total. The second-order valence-electron chi connectivity index (χ2n) is 4.31. The predicted octanol–water partition coefficient (Wildman–Crippen LogP) is 2.12. The summed E-state index contributed by atoms with van der Waals surface area (Å²) in [6.45, 7) is 1.87. The van der Waals surface area contributed by atoms with Gasteiger partial charge in [-0.05, 0) is 47.2 Å². The van der Waals surface area contributed by atoms with E-state index in [1.54, 1.807) is 29.1 Å². The quantitative estimate of drug-likeness (QED) is 0.560. The van der Waals surface area contributed by atoms with Crippen LogP contribution in [0, 0.1) is 6.92 Å². The first-order valence-electron chi connectivity index (χ1n) is 6.09. The number of hydrogen-bond acceptors (Lipinski definition) is 3. The number of aromatic nitrogens is 2. The van der Waals surface area contributed by atoms with Crippen LogP contribution in [-0.2, 0) is 7.05 Å². The third-order valence-electron chi connectivity index (χ3n) is 2.67. The summed E-state index contributed by atoms with van der Waals surface area (Å²) in [5.74, 6) is -0.283. The minimum atomic E-state index is -0.283. The molecule has 110 valence electrons. The topological polar surface area (TPSA) is 71.0 Å². The Hall–Kier alpha value is -1.93. The zero-order valence-corrected chi connectivity index (χ0v) is 13.9. The lowest BCUT2D eigenvalue weighted by molar-refractivity contribution is 0.0943. The Balaban J connectivity index is 1.91. The Labute approximate surface area is 136 Å². The van der Waals surface area contributed by atoms with Gasteiger partial charge in [0.05, 0.1) is 16.9 Å². The molecule has 0 aliphatic heterocycles. The van der Waals surface area contributed by atoms with Crippen molar-refractivity contribution in [3.05, 3.63) is 46.2 Å². The number of halogens is 1. The molecule has 0 radical (unpaired) electrons. The molecule has 1 aromatic heterocycles. The maximum Gasteiger partial charge on any atom is 0.270 e. The van der Waals surface area contributed by atoms with E-state index in [0.717, 1.165) is 11.4 Å². The molecular formula is C13H14BrN5OS. The first-order valence-corrected chi connectivity index (χ1v) is 7.29. The van der Waals surface area contributed by atoms with Gasteiger partial charge < -0.3 is 5.32 Å². The number of hydrogen-bond donors (Lipinski definition) is 3. The van der Waals surface area contributed by atoms with Crippen LogP contribution < -0.4 is 16.2 Å². The number of nitrogens with zero attached hydrogens (tertiary/aromatic N) is 2. The van der Waals surface area contributed by atoms with E-state index >= 15 is 0 Å². The fourth-order valence-electron chi connectivity index (χ4n) is 1.70. The molecular weight excluding hydrogens is 354 g/mol. The molecule has 0 atom stereocenters. The Morgan fingerprint density at radius 1 is 1.33 bits per heavy atom. The molecule has 2 aromatic rings. The van der Waals surface area contributed by atoms with Crippen molar-refractivity contribution in [2.75, 3.05) is 5.32 Å². The van der Waals surface area contributed by atoms with Crippen LogP contribution in [0.2, 0.25) is 0 Å². The number of carbonyl (C=O) groups excluding carboxylic acids is 1. The predicted molar refractivity (Wildman–Crippen MR) is 88.9 cm³/mol. The van der Waals surface area contributed by atoms with Crippen LogP contribution in [0.15, 0.2) is 34.9 Å². The van der Waals surface area contributed by atoms with E-state index in [1.165, 1.54) is 0 Å². The molecule has 0 aliphatic carbocycles.